The fourth-order valence-corrected chi connectivity index (χ4v) is 4.92. The minimum absolute atomic E-state index is 0.0810. The van der Waals surface area contributed by atoms with E-state index in [1.165, 1.54) is 13.2 Å². The van der Waals surface area contributed by atoms with Gasteiger partial charge >= 0.3 is 0 Å². The molecule has 1 spiro atoms. The summed E-state index contributed by atoms with van der Waals surface area (Å²) in [5, 5.41) is 6.34. The lowest BCUT2D eigenvalue weighted by Gasteiger charge is -2.26. The van der Waals surface area contributed by atoms with Gasteiger partial charge < -0.3 is 29.8 Å². The number of amides is 1. The molecule has 2 aliphatic heterocycles. The van der Waals surface area contributed by atoms with Crippen molar-refractivity contribution in [1.82, 2.24) is 15.3 Å². The van der Waals surface area contributed by atoms with E-state index in [1.54, 1.807) is 24.5 Å². The number of anilines is 2. The number of carbonyl (C=O) groups is 1. The Balaban J connectivity index is 1.44. The lowest BCUT2D eigenvalue weighted by molar-refractivity contribution is -0.0596. The van der Waals surface area contributed by atoms with Gasteiger partial charge in [0.2, 0.25) is 0 Å². The maximum absolute atomic E-state index is 14.5. The van der Waals surface area contributed by atoms with E-state index in [9.17, 15) is 9.18 Å². The predicted molar refractivity (Wildman–Crippen MR) is 128 cm³/mol. The zero-order chi connectivity index (χ0) is 24.0. The van der Waals surface area contributed by atoms with E-state index in [1.807, 2.05) is 6.07 Å². The zero-order valence-corrected chi connectivity index (χ0v) is 19.4. The molecule has 3 aromatic rings. The summed E-state index contributed by atoms with van der Waals surface area (Å²) < 4.78 is 31.4. The third-order valence-corrected chi connectivity index (χ3v) is 7.17. The molecular weight excluding hydrogens is 451 g/mol. The first-order valence-corrected chi connectivity index (χ1v) is 11.9. The first-order valence-electron chi connectivity index (χ1n) is 11.9. The SMILES string of the molecule is COc1c(F)cccc1Nc1c(-c2ccncc2OCCC2CCO2)[nH]c2c1C(=O)NCC21CC1. The molecule has 6 rings (SSSR count). The van der Waals surface area contributed by atoms with Crippen LogP contribution in [0.3, 0.4) is 0 Å². The zero-order valence-electron chi connectivity index (χ0n) is 19.4. The highest BCUT2D eigenvalue weighted by Crippen LogP contribution is 2.54. The number of ether oxygens (including phenoxy) is 3. The normalized spacial score (nSPS) is 19.5. The van der Waals surface area contributed by atoms with Crippen molar-refractivity contribution in [3.8, 4) is 22.8 Å². The van der Waals surface area contributed by atoms with Gasteiger partial charge in [-0.2, -0.15) is 0 Å². The van der Waals surface area contributed by atoms with Crippen molar-refractivity contribution >= 4 is 17.3 Å². The number of para-hydroxylation sites is 1. The fourth-order valence-electron chi connectivity index (χ4n) is 4.92. The molecule has 2 aromatic heterocycles. The lowest BCUT2D eigenvalue weighted by Crippen LogP contribution is -2.39. The predicted octanol–water partition coefficient (Wildman–Crippen LogP) is 4.30. The smallest absolute Gasteiger partial charge is 0.255 e. The number of pyridine rings is 1. The molecule has 1 saturated carbocycles. The maximum atomic E-state index is 14.5. The number of rotatable bonds is 8. The van der Waals surface area contributed by atoms with Crippen LogP contribution in [0.25, 0.3) is 11.3 Å². The van der Waals surface area contributed by atoms with Gasteiger partial charge in [-0.1, -0.05) is 6.07 Å². The van der Waals surface area contributed by atoms with Gasteiger partial charge in [0.05, 0.1) is 48.6 Å². The van der Waals surface area contributed by atoms with Gasteiger partial charge in [0, 0.05) is 42.4 Å². The van der Waals surface area contributed by atoms with E-state index < -0.39 is 5.82 Å². The highest BCUT2D eigenvalue weighted by atomic mass is 19.1. The van der Waals surface area contributed by atoms with Crippen molar-refractivity contribution in [3.63, 3.8) is 0 Å². The maximum Gasteiger partial charge on any atom is 0.255 e. The van der Waals surface area contributed by atoms with Gasteiger partial charge in [-0.25, -0.2) is 4.39 Å². The second kappa shape index (κ2) is 8.57. The van der Waals surface area contributed by atoms with Crippen LogP contribution in [0.5, 0.6) is 11.5 Å². The van der Waals surface area contributed by atoms with E-state index >= 15 is 0 Å². The molecule has 1 atom stereocenters. The number of hydrogen-bond donors (Lipinski definition) is 3. The standard InChI is InChI=1S/C26H27FN4O4/c1-33-23-17(27)3-2-4-18(23)30-22-20-24(26(8-9-26)14-29-25(20)32)31-21(22)16-5-10-28-13-19(16)35-12-7-15-6-11-34-15/h2-5,10,13,15,30-31H,6-9,11-12,14H2,1H3,(H,29,32). The van der Waals surface area contributed by atoms with Crippen LogP contribution in [0.1, 0.15) is 41.7 Å². The number of aromatic nitrogens is 2. The molecular formula is C26H27FN4O4. The summed E-state index contributed by atoms with van der Waals surface area (Å²) in [7, 11) is 1.42. The van der Waals surface area contributed by atoms with Crippen molar-refractivity contribution in [2.45, 2.75) is 37.2 Å². The molecule has 9 heteroatoms. The Morgan fingerprint density at radius 1 is 1.31 bits per heavy atom. The first kappa shape index (κ1) is 21.9. The molecule has 2 fully saturated rings. The summed E-state index contributed by atoms with van der Waals surface area (Å²) in [5.74, 6) is 0.0247. The van der Waals surface area contributed by atoms with E-state index in [4.69, 9.17) is 14.2 Å². The number of fused-ring (bicyclic) bond motifs is 2. The Labute approximate surface area is 202 Å². The van der Waals surface area contributed by atoms with Crippen molar-refractivity contribution in [1.29, 1.82) is 0 Å². The van der Waals surface area contributed by atoms with E-state index in [0.717, 1.165) is 43.5 Å². The molecule has 1 aromatic carbocycles. The summed E-state index contributed by atoms with van der Waals surface area (Å²) in [6.45, 7) is 1.90. The minimum atomic E-state index is -0.488. The largest absolute Gasteiger partial charge is 0.492 e. The van der Waals surface area contributed by atoms with Crippen molar-refractivity contribution in [2.24, 2.45) is 0 Å². The Kier molecular flexibility index (Phi) is 5.36. The average Bonchev–Trinajstić information content (AvgIpc) is 3.51. The van der Waals surface area contributed by atoms with E-state index in [2.05, 4.69) is 20.6 Å². The average molecular weight is 479 g/mol. The number of methoxy groups -OCH3 is 1. The molecule has 3 N–H and O–H groups in total. The quantitative estimate of drug-likeness (QED) is 0.447. The number of H-pyrrole nitrogens is 1. The monoisotopic (exact) mass is 478 g/mol. The van der Waals surface area contributed by atoms with Crippen LogP contribution in [-0.2, 0) is 10.2 Å². The minimum Gasteiger partial charge on any atom is -0.492 e. The third kappa shape index (κ3) is 3.80. The Morgan fingerprint density at radius 2 is 2.17 bits per heavy atom. The molecule has 4 heterocycles. The van der Waals surface area contributed by atoms with Crippen molar-refractivity contribution in [2.75, 3.05) is 32.2 Å². The van der Waals surface area contributed by atoms with Crippen LogP contribution in [-0.4, -0.2) is 48.8 Å². The molecule has 1 amide bonds. The second-order valence-corrected chi connectivity index (χ2v) is 9.32. The summed E-state index contributed by atoms with van der Waals surface area (Å²) in [4.78, 5) is 20.9. The van der Waals surface area contributed by atoms with Gasteiger partial charge in [-0.05, 0) is 37.5 Å². The molecule has 35 heavy (non-hydrogen) atoms. The van der Waals surface area contributed by atoms with Gasteiger partial charge in [0.15, 0.2) is 11.6 Å². The van der Waals surface area contributed by atoms with Gasteiger partial charge in [0.1, 0.15) is 5.75 Å². The molecule has 1 aliphatic carbocycles. The van der Waals surface area contributed by atoms with Crippen molar-refractivity contribution in [3.05, 3.63) is 53.7 Å². The Bertz CT molecular complexity index is 1280. The summed E-state index contributed by atoms with van der Waals surface area (Å²) in [5.41, 5.74) is 3.80. The van der Waals surface area contributed by atoms with E-state index in [-0.39, 0.29) is 23.2 Å². The molecule has 182 valence electrons. The number of hydrogen-bond acceptors (Lipinski definition) is 6. The van der Waals surface area contributed by atoms with Crippen LogP contribution in [0.2, 0.25) is 0 Å². The highest BCUT2D eigenvalue weighted by molar-refractivity contribution is 6.07. The van der Waals surface area contributed by atoms with E-state index in [0.29, 0.717) is 41.5 Å². The highest BCUT2D eigenvalue weighted by Gasteiger charge is 2.51. The Hall–Kier alpha value is -3.59. The molecule has 0 bridgehead atoms. The molecule has 3 aliphatic rings. The summed E-state index contributed by atoms with van der Waals surface area (Å²) in [6, 6.07) is 6.52. The van der Waals surface area contributed by atoms with Crippen LogP contribution in [0.4, 0.5) is 15.8 Å². The van der Waals surface area contributed by atoms with Gasteiger partial charge in [0.25, 0.3) is 5.91 Å². The number of aromatic amines is 1. The number of nitrogens with zero attached hydrogens (tertiary/aromatic N) is 1. The van der Waals surface area contributed by atoms with Gasteiger partial charge in [-0.3, -0.25) is 9.78 Å². The lowest BCUT2D eigenvalue weighted by atomic mass is 9.93. The summed E-state index contributed by atoms with van der Waals surface area (Å²) in [6.07, 6.45) is 7.44. The van der Waals surface area contributed by atoms with Crippen LogP contribution in [0.15, 0.2) is 36.7 Å². The Morgan fingerprint density at radius 3 is 2.91 bits per heavy atom. The topological polar surface area (TPSA) is 97.5 Å². The molecule has 1 unspecified atom stereocenters. The third-order valence-electron chi connectivity index (χ3n) is 7.17. The first-order chi connectivity index (χ1) is 17.1. The molecule has 8 nitrogen and oxygen atoms in total. The second-order valence-electron chi connectivity index (χ2n) is 9.32. The molecule has 0 radical (unpaired) electrons. The number of carbonyl (C=O) groups excluding carboxylic acids is 1. The van der Waals surface area contributed by atoms with Crippen molar-refractivity contribution < 1.29 is 23.4 Å². The van der Waals surface area contributed by atoms with Crippen LogP contribution < -0.4 is 20.1 Å². The number of nitrogens with one attached hydrogen (secondary N) is 3. The van der Waals surface area contributed by atoms with Gasteiger partial charge in [-0.15, -0.1) is 0 Å². The van der Waals surface area contributed by atoms with Crippen LogP contribution >= 0.6 is 0 Å². The number of benzene rings is 1. The summed E-state index contributed by atoms with van der Waals surface area (Å²) >= 11 is 0. The fraction of sp³-hybridized carbons (Fsp3) is 0.385. The molecule has 1 saturated heterocycles. The number of halogens is 1. The van der Waals surface area contributed by atoms with Crippen LogP contribution in [0, 0.1) is 5.82 Å².